The Hall–Kier alpha value is -1.42. The molecule has 0 bridgehead atoms. The smallest absolute Gasteiger partial charge is 0.246 e. The van der Waals surface area contributed by atoms with Gasteiger partial charge in [-0.3, -0.25) is 9.59 Å². The van der Waals surface area contributed by atoms with E-state index in [1.807, 2.05) is 23.6 Å². The van der Waals surface area contributed by atoms with Gasteiger partial charge in [0.2, 0.25) is 5.91 Å². The van der Waals surface area contributed by atoms with E-state index in [1.165, 1.54) is 0 Å². The van der Waals surface area contributed by atoms with E-state index in [1.54, 1.807) is 22.3 Å². The Morgan fingerprint density at radius 3 is 2.75 bits per heavy atom. The van der Waals surface area contributed by atoms with Gasteiger partial charge in [0.15, 0.2) is 0 Å². The molecule has 1 aromatic heterocycles. The number of carbonyl (C=O) groups excluding carboxylic acids is 2. The number of ketones is 1. The maximum atomic E-state index is 11.7. The van der Waals surface area contributed by atoms with Gasteiger partial charge in [0.1, 0.15) is 5.78 Å². The summed E-state index contributed by atoms with van der Waals surface area (Å²) in [7, 11) is 0. The maximum absolute atomic E-state index is 11.7. The first kappa shape index (κ1) is 11.1. The van der Waals surface area contributed by atoms with Crippen LogP contribution in [-0.2, 0) is 9.59 Å². The van der Waals surface area contributed by atoms with Gasteiger partial charge in [-0.1, -0.05) is 6.07 Å². The highest BCUT2D eigenvalue weighted by molar-refractivity contribution is 7.10. The van der Waals surface area contributed by atoms with Crippen molar-refractivity contribution in [2.24, 2.45) is 0 Å². The highest BCUT2D eigenvalue weighted by atomic mass is 32.1. The SMILES string of the molecule is O=C1CCN(C(=O)/C=C/c2cccs2)CC1. The van der Waals surface area contributed by atoms with E-state index in [0.717, 1.165) is 4.88 Å². The fourth-order valence-electron chi connectivity index (χ4n) is 1.62. The zero-order chi connectivity index (χ0) is 11.4. The van der Waals surface area contributed by atoms with E-state index in [-0.39, 0.29) is 11.7 Å². The van der Waals surface area contributed by atoms with Crippen LogP contribution in [-0.4, -0.2) is 29.7 Å². The van der Waals surface area contributed by atoms with Crippen molar-refractivity contribution in [3.63, 3.8) is 0 Å². The lowest BCUT2D eigenvalue weighted by molar-refractivity contribution is -0.130. The summed E-state index contributed by atoms with van der Waals surface area (Å²) < 4.78 is 0. The van der Waals surface area contributed by atoms with Gasteiger partial charge in [-0.2, -0.15) is 0 Å². The number of likely N-dealkylation sites (tertiary alicyclic amines) is 1. The van der Waals surface area contributed by atoms with Crippen LogP contribution in [0.1, 0.15) is 17.7 Å². The van der Waals surface area contributed by atoms with Crippen LogP contribution in [0.25, 0.3) is 6.08 Å². The van der Waals surface area contributed by atoms with Gasteiger partial charge in [0, 0.05) is 36.9 Å². The Morgan fingerprint density at radius 2 is 2.12 bits per heavy atom. The van der Waals surface area contributed by atoms with E-state index in [9.17, 15) is 9.59 Å². The Kier molecular flexibility index (Phi) is 3.51. The lowest BCUT2D eigenvalue weighted by Crippen LogP contribution is -2.37. The molecule has 0 aliphatic carbocycles. The molecule has 1 aliphatic rings. The molecular weight excluding hydrogens is 222 g/mol. The molecule has 1 fully saturated rings. The van der Waals surface area contributed by atoms with Crippen molar-refractivity contribution in [3.05, 3.63) is 28.5 Å². The number of thiophene rings is 1. The number of rotatable bonds is 2. The summed E-state index contributed by atoms with van der Waals surface area (Å²) in [6.45, 7) is 1.12. The van der Waals surface area contributed by atoms with Crippen molar-refractivity contribution in [1.29, 1.82) is 0 Å². The average molecular weight is 235 g/mol. The van der Waals surface area contributed by atoms with Crippen LogP contribution in [0.5, 0.6) is 0 Å². The lowest BCUT2D eigenvalue weighted by Gasteiger charge is -2.24. The number of hydrogen-bond donors (Lipinski definition) is 0. The molecule has 84 valence electrons. The quantitative estimate of drug-likeness (QED) is 0.735. The van der Waals surface area contributed by atoms with Crippen LogP contribution in [0, 0.1) is 0 Å². The van der Waals surface area contributed by atoms with E-state index in [2.05, 4.69) is 0 Å². The second-order valence-corrected chi connectivity index (χ2v) is 4.69. The first-order chi connectivity index (χ1) is 7.75. The van der Waals surface area contributed by atoms with Crippen molar-refractivity contribution < 1.29 is 9.59 Å². The molecule has 1 aliphatic heterocycles. The van der Waals surface area contributed by atoms with Crippen LogP contribution in [0.2, 0.25) is 0 Å². The van der Waals surface area contributed by atoms with Gasteiger partial charge in [-0.05, 0) is 17.5 Å². The third kappa shape index (κ3) is 2.79. The fourth-order valence-corrected chi connectivity index (χ4v) is 2.24. The summed E-state index contributed by atoms with van der Waals surface area (Å²) in [5.74, 6) is 0.257. The fraction of sp³-hybridized carbons (Fsp3) is 0.333. The zero-order valence-electron chi connectivity index (χ0n) is 8.89. The predicted molar refractivity (Wildman–Crippen MR) is 64.2 cm³/mol. The summed E-state index contributed by atoms with van der Waals surface area (Å²) >= 11 is 1.60. The number of nitrogens with zero attached hydrogens (tertiary/aromatic N) is 1. The zero-order valence-corrected chi connectivity index (χ0v) is 9.70. The maximum Gasteiger partial charge on any atom is 0.246 e. The highest BCUT2D eigenvalue weighted by Gasteiger charge is 2.18. The number of carbonyl (C=O) groups is 2. The van der Waals surface area contributed by atoms with Crippen molar-refractivity contribution >= 4 is 29.1 Å². The van der Waals surface area contributed by atoms with Gasteiger partial charge < -0.3 is 4.90 Å². The minimum absolute atomic E-state index is 0.000833. The molecule has 1 amide bonds. The van der Waals surface area contributed by atoms with E-state index < -0.39 is 0 Å². The molecule has 0 spiro atoms. The van der Waals surface area contributed by atoms with Gasteiger partial charge in [0.25, 0.3) is 0 Å². The summed E-state index contributed by atoms with van der Waals surface area (Å²) in [6, 6.07) is 3.92. The van der Waals surface area contributed by atoms with Crippen LogP contribution in [0.4, 0.5) is 0 Å². The number of Topliss-reactive ketones (excluding diaryl/α,β-unsaturated/α-hetero) is 1. The Morgan fingerprint density at radius 1 is 1.38 bits per heavy atom. The second-order valence-electron chi connectivity index (χ2n) is 3.71. The number of amides is 1. The van der Waals surface area contributed by atoms with Crippen LogP contribution in [0.3, 0.4) is 0 Å². The molecule has 0 aromatic carbocycles. The summed E-state index contributed by atoms with van der Waals surface area (Å²) in [5.41, 5.74) is 0. The van der Waals surface area contributed by atoms with Crippen molar-refractivity contribution in [1.82, 2.24) is 4.90 Å². The summed E-state index contributed by atoms with van der Waals surface area (Å²) in [4.78, 5) is 25.6. The van der Waals surface area contributed by atoms with Crippen LogP contribution in [0.15, 0.2) is 23.6 Å². The molecule has 0 saturated carbocycles. The van der Waals surface area contributed by atoms with Gasteiger partial charge >= 0.3 is 0 Å². The van der Waals surface area contributed by atoms with Gasteiger partial charge in [-0.25, -0.2) is 0 Å². The average Bonchev–Trinajstić information content (AvgIpc) is 2.80. The third-order valence-corrected chi connectivity index (χ3v) is 3.40. The number of hydrogen-bond acceptors (Lipinski definition) is 3. The molecule has 0 unspecified atom stereocenters. The molecule has 2 heterocycles. The van der Waals surface area contributed by atoms with E-state index >= 15 is 0 Å². The molecule has 3 nitrogen and oxygen atoms in total. The monoisotopic (exact) mass is 235 g/mol. The Labute approximate surface area is 98.4 Å². The first-order valence-corrected chi connectivity index (χ1v) is 6.16. The van der Waals surface area contributed by atoms with Crippen molar-refractivity contribution in [3.8, 4) is 0 Å². The largest absolute Gasteiger partial charge is 0.338 e. The minimum atomic E-state index is 0.000833. The second kappa shape index (κ2) is 5.07. The Bertz CT molecular complexity index is 399. The van der Waals surface area contributed by atoms with Gasteiger partial charge in [-0.15, -0.1) is 11.3 Å². The van der Waals surface area contributed by atoms with Crippen molar-refractivity contribution in [2.75, 3.05) is 13.1 Å². The topological polar surface area (TPSA) is 37.4 Å². The summed E-state index contributed by atoms with van der Waals surface area (Å²) in [5, 5.41) is 1.98. The minimum Gasteiger partial charge on any atom is -0.338 e. The Balaban J connectivity index is 1.91. The molecule has 4 heteroatoms. The molecule has 0 atom stereocenters. The molecule has 0 N–H and O–H groups in total. The standard InChI is InChI=1S/C12H13NO2S/c14-10-5-7-13(8-6-10)12(15)4-3-11-2-1-9-16-11/h1-4,9H,5-8H2/b4-3+. The van der Waals surface area contributed by atoms with Crippen LogP contribution >= 0.6 is 11.3 Å². The molecule has 16 heavy (non-hydrogen) atoms. The normalized spacial score (nSPS) is 17.0. The molecule has 2 rings (SSSR count). The van der Waals surface area contributed by atoms with Crippen molar-refractivity contribution in [2.45, 2.75) is 12.8 Å². The molecule has 1 aromatic rings. The van der Waals surface area contributed by atoms with Gasteiger partial charge in [0.05, 0.1) is 0 Å². The first-order valence-electron chi connectivity index (χ1n) is 5.28. The molecule has 1 saturated heterocycles. The third-order valence-electron chi connectivity index (χ3n) is 2.57. The lowest BCUT2D eigenvalue weighted by atomic mass is 10.1. The summed E-state index contributed by atoms with van der Waals surface area (Å²) in [6.07, 6.45) is 4.40. The van der Waals surface area contributed by atoms with E-state index in [0.29, 0.717) is 25.9 Å². The number of piperidine rings is 1. The molecular formula is C12H13NO2S. The van der Waals surface area contributed by atoms with Crippen LogP contribution < -0.4 is 0 Å². The highest BCUT2D eigenvalue weighted by Crippen LogP contribution is 2.11. The van der Waals surface area contributed by atoms with E-state index in [4.69, 9.17) is 0 Å². The molecule has 0 radical (unpaired) electrons. The predicted octanol–water partition coefficient (Wildman–Crippen LogP) is 1.95.